The van der Waals surface area contributed by atoms with Crippen molar-refractivity contribution in [3.8, 4) is 0 Å². The summed E-state index contributed by atoms with van der Waals surface area (Å²) in [5.41, 5.74) is 24.0. The molecule has 296 valence electrons. The van der Waals surface area contributed by atoms with Gasteiger partial charge in [0, 0.05) is 24.9 Å². The van der Waals surface area contributed by atoms with Crippen LogP contribution in [0.25, 0.3) is 22.3 Å². The molecule has 24 heteroatoms. The molecule has 4 aromatic rings. The second kappa shape index (κ2) is 17.7. The van der Waals surface area contributed by atoms with Gasteiger partial charge in [-0.05, 0) is 21.8 Å². The van der Waals surface area contributed by atoms with E-state index in [0.29, 0.717) is 45.3 Å². The molecule has 12 N–H and O–H groups in total. The van der Waals surface area contributed by atoms with Crippen molar-refractivity contribution in [1.29, 1.82) is 0 Å². The van der Waals surface area contributed by atoms with Gasteiger partial charge in [0.1, 0.15) is 83.3 Å². The second-order valence-electron chi connectivity index (χ2n) is 13.0. The quantitative estimate of drug-likeness (QED) is 0.0550. The van der Waals surface area contributed by atoms with Gasteiger partial charge in [0.25, 0.3) is 0 Å². The summed E-state index contributed by atoms with van der Waals surface area (Å²) in [6.07, 6.45) is 2.33. The van der Waals surface area contributed by atoms with Crippen molar-refractivity contribution in [1.82, 2.24) is 39.0 Å². The number of aliphatic carboxylic acids is 2. The lowest BCUT2D eigenvalue weighted by Gasteiger charge is -2.16. The molecule has 2 aliphatic rings. The summed E-state index contributed by atoms with van der Waals surface area (Å²) >= 11 is 0. The fourth-order valence-corrected chi connectivity index (χ4v) is 9.24. The highest BCUT2D eigenvalue weighted by Gasteiger charge is 2.48. The van der Waals surface area contributed by atoms with Crippen LogP contribution >= 0.6 is 0 Å². The van der Waals surface area contributed by atoms with Crippen molar-refractivity contribution in [2.45, 2.75) is 74.0 Å². The molecule has 2 fully saturated rings. The maximum atomic E-state index is 10.7. The molecular formula is C30H44N12O10S2. The summed E-state index contributed by atoms with van der Waals surface area (Å²) < 4.78 is 14.8. The lowest BCUT2D eigenvalue weighted by molar-refractivity contribution is -0.308. The van der Waals surface area contributed by atoms with Crippen LogP contribution in [-0.4, -0.2) is 156 Å². The number of nitrogen functional groups attached to an aromatic ring is 2. The molecule has 6 heterocycles. The van der Waals surface area contributed by atoms with Gasteiger partial charge < -0.3 is 72.6 Å². The molecule has 54 heavy (non-hydrogen) atoms. The molecule has 22 nitrogen and oxygen atoms in total. The Hall–Kier alpha value is -3.98. The van der Waals surface area contributed by atoms with Crippen LogP contribution in [0.4, 0.5) is 11.6 Å². The molecule has 2 unspecified atom stereocenters. The van der Waals surface area contributed by atoms with Crippen LogP contribution in [0.1, 0.15) is 25.3 Å². The number of carboxylic acid groups (broad SMARTS) is 2. The third-order valence-corrected chi connectivity index (χ3v) is 12.7. The van der Waals surface area contributed by atoms with Crippen LogP contribution in [0.15, 0.2) is 25.3 Å². The molecule has 0 radical (unpaired) electrons. The van der Waals surface area contributed by atoms with E-state index in [0.717, 1.165) is 0 Å². The maximum absolute atomic E-state index is 10.7. The highest BCUT2D eigenvalue weighted by molar-refractivity contribution is 7.96. The zero-order valence-electron chi connectivity index (χ0n) is 29.3. The lowest BCUT2D eigenvalue weighted by atomic mass is 10.1. The van der Waals surface area contributed by atoms with Gasteiger partial charge in [-0.25, -0.2) is 29.9 Å². The Morgan fingerprint density at radius 3 is 1.43 bits per heavy atom. The summed E-state index contributed by atoms with van der Waals surface area (Å²) in [6.45, 7) is 0. The number of carboxylic acids is 2. The number of nitrogens with zero attached hydrogens (tertiary/aromatic N) is 8. The number of imidazole rings is 2. The molecule has 0 aliphatic carbocycles. The third-order valence-electron chi connectivity index (χ3n) is 9.05. The van der Waals surface area contributed by atoms with Crippen LogP contribution in [0.3, 0.4) is 0 Å². The number of carbonyl (C=O) groups excluding carboxylic acids is 2. The fraction of sp³-hybridized carbons (Fsp3) is 0.600. The van der Waals surface area contributed by atoms with Crippen molar-refractivity contribution < 1.29 is 49.7 Å². The number of aromatic nitrogens is 8. The average Bonchev–Trinajstić information content (AvgIpc) is 3.89. The first kappa shape index (κ1) is 41.2. The average molecular weight is 797 g/mol. The first-order valence-electron chi connectivity index (χ1n) is 16.6. The van der Waals surface area contributed by atoms with Crippen molar-refractivity contribution in [3.05, 3.63) is 25.3 Å². The van der Waals surface area contributed by atoms with Gasteiger partial charge in [-0.1, -0.05) is 0 Å². The predicted molar refractivity (Wildman–Crippen MR) is 193 cm³/mol. The van der Waals surface area contributed by atoms with Crippen molar-refractivity contribution in [2.75, 3.05) is 47.0 Å². The van der Waals surface area contributed by atoms with E-state index >= 15 is 0 Å². The molecule has 0 saturated carbocycles. The van der Waals surface area contributed by atoms with E-state index in [1.165, 1.54) is 34.4 Å². The van der Waals surface area contributed by atoms with Crippen LogP contribution in [0.5, 0.6) is 0 Å². The zero-order chi connectivity index (χ0) is 39.4. The Labute approximate surface area is 313 Å². The molecule has 4 aromatic heterocycles. The molecule has 0 amide bonds. The van der Waals surface area contributed by atoms with E-state index in [9.17, 15) is 40.2 Å². The van der Waals surface area contributed by atoms with E-state index in [1.807, 2.05) is 12.5 Å². The molecular weight excluding hydrogens is 753 g/mol. The van der Waals surface area contributed by atoms with Crippen LogP contribution < -0.4 is 33.1 Å². The van der Waals surface area contributed by atoms with Gasteiger partial charge in [0.15, 0.2) is 35.4 Å². The number of fused-ring (bicyclic) bond motifs is 2. The zero-order valence-corrected chi connectivity index (χ0v) is 30.9. The maximum Gasteiger partial charge on any atom is 0.167 e. The van der Waals surface area contributed by atoms with Gasteiger partial charge in [-0.15, -0.1) is 0 Å². The monoisotopic (exact) mass is 796 g/mol. The SMILES string of the molecule is C[S+](CC[C@H](N)C(=O)[O-])C[C@H]1O[C@@H](n2cnc3c(N)ncnc32)[C@H](O)[C@@H]1O.C[S+](CC[C@H](N)C(=O)[O-])C[C@H]1O[C@@H](n2cnc3c(N)ncnc32)[C@H](O)[C@@H]1O. The summed E-state index contributed by atoms with van der Waals surface area (Å²) in [5.74, 6) is -0.122. The number of aliphatic hydroxyl groups is 4. The van der Waals surface area contributed by atoms with Gasteiger partial charge >= 0.3 is 0 Å². The third kappa shape index (κ3) is 9.10. The number of aliphatic hydroxyl groups excluding tert-OH is 4. The van der Waals surface area contributed by atoms with Gasteiger partial charge in [-0.3, -0.25) is 9.13 Å². The molecule has 0 spiro atoms. The van der Waals surface area contributed by atoms with Crippen molar-refractivity contribution >= 4 is 67.7 Å². The number of carbonyl (C=O) groups is 2. The molecule has 0 aromatic carbocycles. The molecule has 2 aliphatic heterocycles. The number of nitrogens with two attached hydrogens (primary N) is 4. The van der Waals surface area contributed by atoms with E-state index < -0.39 is 73.1 Å². The van der Waals surface area contributed by atoms with Crippen molar-refractivity contribution in [3.63, 3.8) is 0 Å². The summed E-state index contributed by atoms with van der Waals surface area (Å²) in [5, 5.41) is 63.0. The van der Waals surface area contributed by atoms with Crippen molar-refractivity contribution in [2.24, 2.45) is 11.5 Å². The van der Waals surface area contributed by atoms with Crippen LogP contribution in [0.2, 0.25) is 0 Å². The van der Waals surface area contributed by atoms with E-state index in [2.05, 4.69) is 29.9 Å². The van der Waals surface area contributed by atoms with Gasteiger partial charge in [0.2, 0.25) is 0 Å². The Morgan fingerprint density at radius 2 is 1.07 bits per heavy atom. The summed E-state index contributed by atoms with van der Waals surface area (Å²) in [6, 6.07) is -2.04. The molecule has 12 atom stereocenters. The highest BCUT2D eigenvalue weighted by Crippen LogP contribution is 2.34. The Morgan fingerprint density at radius 1 is 0.704 bits per heavy atom. The minimum atomic E-state index is -1.28. The van der Waals surface area contributed by atoms with E-state index in [-0.39, 0.29) is 46.3 Å². The predicted octanol–water partition coefficient (Wildman–Crippen LogP) is -6.51. The minimum absolute atomic E-state index is 0.211. The first-order valence-corrected chi connectivity index (χ1v) is 20.5. The normalized spacial score (nSPS) is 27.7. The number of ether oxygens (including phenoxy) is 2. The summed E-state index contributed by atoms with van der Waals surface area (Å²) in [7, 11) is -0.526. The van der Waals surface area contributed by atoms with E-state index in [4.69, 9.17) is 32.4 Å². The topological polar surface area (TPSA) is 371 Å². The standard InChI is InChI=1S/2C15H22N6O5S/c2*1-27(3-2-7(16)15(24)25)4-8-10(22)11(23)14(26-8)21-6-20-9-12(17)18-5-19-13(9)21/h2*5-8,10-11,14,22-23H,2-4,16H2,1H3,(H2-,17,18,19,24,25)/t2*7-,8+,10+,11+,14+,27?/m00/s1. The molecule has 2 saturated heterocycles. The highest BCUT2D eigenvalue weighted by atomic mass is 32.2. The second-order valence-corrected chi connectivity index (χ2v) is 17.6. The molecule has 6 rings (SSSR count). The molecule has 0 bridgehead atoms. The Balaban J connectivity index is 0.000000208. The smallest absolute Gasteiger partial charge is 0.167 e. The Kier molecular flexibility index (Phi) is 13.5. The number of hydrogen-bond acceptors (Lipinski definition) is 20. The number of hydrogen-bond donors (Lipinski definition) is 8. The van der Waals surface area contributed by atoms with Gasteiger partial charge in [0.05, 0.1) is 37.1 Å². The van der Waals surface area contributed by atoms with Crippen LogP contribution in [-0.2, 0) is 40.9 Å². The van der Waals surface area contributed by atoms with Gasteiger partial charge in [-0.2, -0.15) is 0 Å². The minimum Gasteiger partial charge on any atom is -0.548 e. The number of anilines is 2. The lowest BCUT2D eigenvalue weighted by Crippen LogP contribution is -2.43. The van der Waals surface area contributed by atoms with E-state index in [1.54, 1.807) is 0 Å². The largest absolute Gasteiger partial charge is 0.548 e. The van der Waals surface area contributed by atoms with Crippen LogP contribution in [0, 0.1) is 0 Å². The Bertz CT molecular complexity index is 1770. The number of rotatable bonds is 14. The fourth-order valence-electron chi connectivity index (χ4n) is 5.93. The summed E-state index contributed by atoms with van der Waals surface area (Å²) in [4.78, 5) is 45.6. The first-order chi connectivity index (χ1) is 25.6.